The third kappa shape index (κ3) is 22.4. The Morgan fingerprint density at radius 3 is 0.970 bits per heavy atom. The van der Waals surface area contributed by atoms with Gasteiger partial charge in [-0.2, -0.15) is 27.6 Å². The number of fused-ring (bicyclic) bond motifs is 5. The summed E-state index contributed by atoms with van der Waals surface area (Å²) in [6, 6.07) is 23.3. The van der Waals surface area contributed by atoms with Gasteiger partial charge in [0.2, 0.25) is 63.9 Å². The fourth-order valence-electron chi connectivity index (χ4n) is 18.7. The summed E-state index contributed by atoms with van der Waals surface area (Å²) >= 11 is 6.63. The number of aromatic amines is 1. The Kier molecular flexibility index (Phi) is 29.5. The second-order valence-electron chi connectivity index (χ2n) is 35.7. The number of aromatic nitrogens is 12. The monoisotopic (exact) mass is 1970 g/mol. The van der Waals surface area contributed by atoms with Gasteiger partial charge in [0.15, 0.2) is 0 Å². The molecule has 8 aliphatic heterocycles. The van der Waals surface area contributed by atoms with E-state index in [1.54, 1.807) is 87.1 Å². The minimum atomic E-state index is -3.14. The molecule has 21 rings (SSSR count). The number of sulfonamides is 4. The van der Waals surface area contributed by atoms with Gasteiger partial charge >= 0.3 is 0 Å². The molecule has 8 aliphatic rings. The van der Waals surface area contributed by atoms with Gasteiger partial charge in [-0.3, -0.25) is 24.7 Å². The van der Waals surface area contributed by atoms with Crippen molar-refractivity contribution in [2.75, 3.05) is 202 Å². The summed E-state index contributed by atoms with van der Waals surface area (Å²) in [5, 5.41) is 36.2. The van der Waals surface area contributed by atoms with E-state index in [1.807, 2.05) is 42.6 Å². The molecule has 8 fully saturated rings. The van der Waals surface area contributed by atoms with Crippen molar-refractivity contribution in [3.8, 4) is 56.8 Å². The van der Waals surface area contributed by atoms with Crippen LogP contribution in [0.25, 0.3) is 96.8 Å². The van der Waals surface area contributed by atoms with E-state index < -0.39 is 40.1 Å². The number of H-pyrrole nitrogens is 1. The second kappa shape index (κ2) is 41.7. The Hall–Kier alpha value is -9.66. The highest BCUT2D eigenvalue weighted by molar-refractivity contribution is 7.89. The van der Waals surface area contributed by atoms with Crippen LogP contribution in [0.3, 0.4) is 0 Å². The molecule has 0 amide bonds. The summed E-state index contributed by atoms with van der Waals surface area (Å²) in [5.41, 5.74) is 17.7. The number of anilines is 4. The summed E-state index contributed by atoms with van der Waals surface area (Å²) < 4.78 is 105. The van der Waals surface area contributed by atoms with E-state index in [1.165, 1.54) is 75.4 Å². The van der Waals surface area contributed by atoms with Gasteiger partial charge in [0.25, 0.3) is 0 Å². The zero-order valence-electron chi connectivity index (χ0n) is 76.0. The number of aromatic hydroxyl groups is 1. The van der Waals surface area contributed by atoms with Crippen LogP contribution < -0.4 is 19.6 Å². The van der Waals surface area contributed by atoms with Crippen molar-refractivity contribution in [3.63, 3.8) is 0 Å². The topological polar surface area (TPSA) is 377 Å². The third-order valence-corrected chi connectivity index (χ3v) is 35.5. The number of benzene rings is 3. The SMILES string of the molecule is CS(=O)(=O)N1CCN(Cc2csc3c(-c4ccc(C#N)cc4)nc(N4CCCCC4)nc23)CC1.CS(=O)(=O)N1CCN(Cc2csc3c(-c4ccc5[nH]ncc5c4)nc(N4CCCCC4)nc23)CC1.CS(=O)(=O)N1CCN(Cc2csc3c(-c4cccc(O)c4)nc(N4CCCCC4)nc23)CC1.CS(=O)(=O)N1CCN(Cc2csc3c(-c4cncnc4)nc(N4CCCCC4)nc23)CC1. The van der Waals surface area contributed by atoms with Crippen LogP contribution in [0, 0.1) is 11.3 Å². The highest BCUT2D eigenvalue weighted by Crippen LogP contribution is 2.42. The molecule has 134 heavy (non-hydrogen) atoms. The maximum atomic E-state index is 11.9. The largest absolute Gasteiger partial charge is 0.508 e. The molecule has 34 nitrogen and oxygen atoms in total. The second-order valence-corrected chi connectivity index (χ2v) is 47.2. The van der Waals surface area contributed by atoms with Crippen molar-refractivity contribution in [2.45, 2.75) is 103 Å². The molecule has 0 spiro atoms. The summed E-state index contributed by atoms with van der Waals surface area (Å²) in [7, 11) is -12.6. The van der Waals surface area contributed by atoms with E-state index in [0.29, 0.717) is 97.2 Å². The van der Waals surface area contributed by atoms with Gasteiger partial charge in [0.05, 0.1) is 112 Å². The average molecular weight is 1970 g/mol. The van der Waals surface area contributed by atoms with Gasteiger partial charge in [0, 0.05) is 246 Å². The smallest absolute Gasteiger partial charge is 0.226 e. The van der Waals surface area contributed by atoms with Gasteiger partial charge in [-0.15, -0.1) is 45.3 Å². The summed E-state index contributed by atoms with van der Waals surface area (Å²) in [6.45, 7) is 20.6. The molecule has 0 radical (unpaired) electrons. The number of phenols is 1. The fraction of sp³-hybridized carbons (Fsp3) is 0.478. The number of nitrogens with one attached hydrogen (secondary N) is 1. The number of nitriles is 1. The molecule has 18 heterocycles. The number of nitrogens with zero attached hydrogens (tertiary/aromatic N) is 24. The van der Waals surface area contributed by atoms with Crippen LogP contribution in [-0.2, 0) is 66.3 Å². The Balaban J connectivity index is 0.000000119. The van der Waals surface area contributed by atoms with Gasteiger partial charge in [0.1, 0.15) is 12.1 Å². The Labute approximate surface area is 798 Å². The first-order valence-electron chi connectivity index (χ1n) is 46.1. The highest BCUT2D eigenvalue weighted by atomic mass is 32.2. The zero-order valence-corrected chi connectivity index (χ0v) is 82.5. The van der Waals surface area contributed by atoms with Gasteiger partial charge in [-0.25, -0.2) is 83.5 Å². The Bertz CT molecular complexity index is 6840. The van der Waals surface area contributed by atoms with Crippen molar-refractivity contribution in [1.29, 1.82) is 5.26 Å². The maximum Gasteiger partial charge on any atom is 0.226 e. The van der Waals surface area contributed by atoms with E-state index in [-0.39, 0.29) is 5.75 Å². The first kappa shape index (κ1) is 94.7. The zero-order chi connectivity index (χ0) is 92.8. The molecule has 3 aromatic carbocycles. The van der Waals surface area contributed by atoms with E-state index >= 15 is 0 Å². The van der Waals surface area contributed by atoms with Crippen molar-refractivity contribution < 1.29 is 38.8 Å². The molecular formula is C92H113N25O9S8. The highest BCUT2D eigenvalue weighted by Gasteiger charge is 2.33. The van der Waals surface area contributed by atoms with Crippen LogP contribution in [0.15, 0.2) is 113 Å². The molecule has 10 aromatic heterocycles. The van der Waals surface area contributed by atoms with Crippen molar-refractivity contribution in [2.24, 2.45) is 0 Å². The van der Waals surface area contributed by atoms with Crippen LogP contribution in [-0.4, -0.2) is 318 Å². The molecule has 0 unspecified atom stereocenters. The number of hydrogen-bond acceptors (Lipinski definition) is 33. The molecule has 0 atom stereocenters. The number of hydrogen-bond donors (Lipinski definition) is 2. The molecule has 2 N–H and O–H groups in total. The standard InChI is InChI=1S/C24H29N7O2S2.C24H28N6O2S2.C23H29N5O3S2.C21H27N7O2S2/c1-35(32,33)31-11-9-29(10-12-31)15-19-16-34-23-21(17-5-6-20-18(13-17)14-25-28-20)26-24(27-22(19)23)30-7-3-2-4-8-30;1-34(31,32)30-13-11-28(12-14-30)16-20-17-33-23-21(19-7-5-18(15-25)6-8-19)26-24(27-22(20)23)29-9-3-2-4-10-29;1-33(30,31)28-12-10-26(11-13-28)15-18-16-32-22-20(17-6-5-7-19(29)14-17)24-23(25-21(18)22)27-8-3-2-4-9-27;1-32(29,30)28-9-7-26(8-10-28)13-17-14-31-20-18(16-11-22-15-23-12-16)24-21(25-19(17)20)27-5-3-2-4-6-27/h5-6,13-14,16H,2-4,7-12,15H2,1H3,(H,25,28);5-8,17H,2-4,9-14,16H2,1H3;5-7,14,16,29H,2-4,8-13,15H2,1H3;11-12,14-15H,2-10,13H2,1H3. The minimum Gasteiger partial charge on any atom is -0.508 e. The number of piperazine rings is 4. The van der Waals surface area contributed by atoms with Crippen molar-refractivity contribution >= 4 is 161 Å². The van der Waals surface area contributed by atoms with Gasteiger partial charge in [-0.1, -0.05) is 30.3 Å². The predicted molar refractivity (Wildman–Crippen MR) is 534 cm³/mol. The summed E-state index contributed by atoms with van der Waals surface area (Å²) in [6.07, 6.45) is 26.3. The van der Waals surface area contributed by atoms with Crippen molar-refractivity contribution in [1.82, 2.24) is 96.9 Å². The molecule has 13 aromatic rings. The minimum absolute atomic E-state index is 0.222. The normalized spacial score (nSPS) is 18.6. The number of rotatable bonds is 20. The van der Waals surface area contributed by atoms with Gasteiger partial charge < -0.3 is 24.7 Å². The van der Waals surface area contributed by atoms with Gasteiger partial charge in [-0.05, 0) is 135 Å². The van der Waals surface area contributed by atoms with Crippen molar-refractivity contribution in [3.05, 3.63) is 141 Å². The molecule has 8 saturated heterocycles. The first-order valence-corrected chi connectivity index (χ1v) is 57.0. The third-order valence-electron chi connectivity index (χ3n) is 26.2. The average Bonchev–Trinajstić information content (AvgIpc) is 1.65. The number of piperidine rings is 4. The van der Waals surface area contributed by atoms with E-state index in [0.717, 1.165) is 267 Å². The first-order chi connectivity index (χ1) is 64.7. The molecule has 0 saturated carbocycles. The lowest BCUT2D eigenvalue weighted by atomic mass is 10.1. The van der Waals surface area contributed by atoms with Crippen LogP contribution >= 0.6 is 45.3 Å². The quantitative estimate of drug-likeness (QED) is 0.0715. The molecule has 0 bridgehead atoms. The lowest BCUT2D eigenvalue weighted by Gasteiger charge is -2.33. The number of thiophene rings is 4. The molecule has 42 heteroatoms. The van der Waals surface area contributed by atoms with Crippen LogP contribution in [0.4, 0.5) is 23.8 Å². The van der Waals surface area contributed by atoms with E-state index in [4.69, 9.17) is 39.9 Å². The summed E-state index contributed by atoms with van der Waals surface area (Å²) in [4.78, 5) is 66.9. The van der Waals surface area contributed by atoms with Crippen LogP contribution in [0.1, 0.15) is 105 Å². The van der Waals surface area contributed by atoms with Crippen LogP contribution in [0.5, 0.6) is 5.75 Å². The fourth-order valence-corrected chi connectivity index (χ4v) is 26.0. The lowest BCUT2D eigenvalue weighted by Crippen LogP contribution is -2.47. The van der Waals surface area contributed by atoms with E-state index in [2.05, 4.69) is 105 Å². The predicted octanol–water partition coefficient (Wildman–Crippen LogP) is 11.9. The molecular weight excluding hydrogens is 1860 g/mol. The Morgan fingerprint density at radius 2 is 0.657 bits per heavy atom. The summed E-state index contributed by atoms with van der Waals surface area (Å²) in [5.74, 6) is 3.33. The van der Waals surface area contributed by atoms with Crippen LogP contribution in [0.2, 0.25) is 0 Å². The maximum absolute atomic E-state index is 11.9. The van der Waals surface area contributed by atoms with E-state index in [9.17, 15) is 44.0 Å². The lowest BCUT2D eigenvalue weighted by molar-refractivity contribution is 0.182. The molecule has 0 aliphatic carbocycles. The Morgan fingerprint density at radius 1 is 0.351 bits per heavy atom. The molecule has 708 valence electrons. The number of phenolic OH excluding ortho intramolecular Hbond substituents is 1.